The van der Waals surface area contributed by atoms with Crippen molar-refractivity contribution >= 4 is 33.6 Å². The number of fused-ring (bicyclic) bond motifs is 2. The van der Waals surface area contributed by atoms with Crippen molar-refractivity contribution in [1.29, 1.82) is 0 Å². The average molecular weight is 479 g/mol. The van der Waals surface area contributed by atoms with Crippen LogP contribution in [0.4, 0.5) is 0 Å². The third-order valence-electron chi connectivity index (χ3n) is 5.95. The minimum Gasteiger partial charge on any atom is -0.484 e. The molecule has 7 heteroatoms. The van der Waals surface area contributed by atoms with E-state index in [1.54, 1.807) is 12.1 Å². The second kappa shape index (κ2) is 10.7. The molecule has 36 heavy (non-hydrogen) atoms. The highest BCUT2D eigenvalue weighted by Gasteiger charge is 2.15. The van der Waals surface area contributed by atoms with Crippen LogP contribution in [-0.4, -0.2) is 28.4 Å². The number of pyridine rings is 1. The van der Waals surface area contributed by atoms with Crippen LogP contribution in [0.15, 0.2) is 91.0 Å². The molecule has 0 atom stereocenters. The van der Waals surface area contributed by atoms with Crippen molar-refractivity contribution in [3.63, 3.8) is 0 Å². The Balaban J connectivity index is 1.21. The molecule has 0 unspecified atom stereocenters. The van der Waals surface area contributed by atoms with Crippen LogP contribution in [0, 0.1) is 0 Å². The van der Waals surface area contributed by atoms with Crippen molar-refractivity contribution in [3.05, 3.63) is 96.6 Å². The van der Waals surface area contributed by atoms with Gasteiger partial charge in [0.05, 0.1) is 16.9 Å². The number of aryl methyl sites for hydroxylation is 1. The standard InChI is InChI=1S/C29H26N4O3/c34-27(32-33-28(35)19-36-21-10-2-1-3-11-21)16-8-13-23-22-12-5-7-15-25(22)31-29(23)26-18-17-20-9-4-6-14-24(20)30-26/h1-7,9-12,14-15,17-18,31H,8,13,16,19H2,(H,32,34)(H,33,35). The van der Waals surface area contributed by atoms with Crippen molar-refractivity contribution in [2.45, 2.75) is 19.3 Å². The number of amides is 2. The van der Waals surface area contributed by atoms with Crippen LogP contribution < -0.4 is 15.6 Å². The topological polar surface area (TPSA) is 96.1 Å². The second-order valence-electron chi connectivity index (χ2n) is 8.46. The van der Waals surface area contributed by atoms with E-state index in [4.69, 9.17) is 9.72 Å². The minimum absolute atomic E-state index is 0.179. The Morgan fingerprint density at radius 1 is 0.806 bits per heavy atom. The number of para-hydroxylation sites is 3. The zero-order chi connectivity index (χ0) is 24.7. The molecule has 2 aromatic heterocycles. The second-order valence-corrected chi connectivity index (χ2v) is 8.46. The molecule has 3 aromatic carbocycles. The first-order chi connectivity index (χ1) is 17.7. The summed E-state index contributed by atoms with van der Waals surface area (Å²) in [4.78, 5) is 32.7. The van der Waals surface area contributed by atoms with E-state index in [2.05, 4.69) is 28.0 Å². The van der Waals surface area contributed by atoms with E-state index in [0.717, 1.165) is 38.8 Å². The van der Waals surface area contributed by atoms with E-state index in [9.17, 15) is 9.59 Å². The lowest BCUT2D eigenvalue weighted by Gasteiger charge is -2.09. The van der Waals surface area contributed by atoms with Crippen LogP contribution in [0.1, 0.15) is 18.4 Å². The van der Waals surface area contributed by atoms with Crippen LogP contribution >= 0.6 is 0 Å². The van der Waals surface area contributed by atoms with E-state index in [0.29, 0.717) is 18.6 Å². The van der Waals surface area contributed by atoms with Gasteiger partial charge in [-0.2, -0.15) is 0 Å². The predicted molar refractivity (Wildman–Crippen MR) is 140 cm³/mol. The van der Waals surface area contributed by atoms with Gasteiger partial charge in [-0.25, -0.2) is 4.98 Å². The van der Waals surface area contributed by atoms with E-state index in [1.165, 1.54) is 0 Å². The maximum absolute atomic E-state index is 12.3. The summed E-state index contributed by atoms with van der Waals surface area (Å²) in [5, 5.41) is 2.21. The lowest BCUT2D eigenvalue weighted by molar-refractivity contribution is -0.130. The van der Waals surface area contributed by atoms with E-state index >= 15 is 0 Å². The number of nitrogens with one attached hydrogen (secondary N) is 3. The Bertz CT molecular complexity index is 1510. The number of carbonyl (C=O) groups excluding carboxylic acids is 2. The molecule has 5 aromatic rings. The molecule has 7 nitrogen and oxygen atoms in total. The largest absolute Gasteiger partial charge is 0.484 e. The number of aromatic nitrogens is 2. The van der Waals surface area contributed by atoms with E-state index < -0.39 is 5.91 Å². The van der Waals surface area contributed by atoms with Gasteiger partial charge in [0.2, 0.25) is 5.91 Å². The Labute approximate surface area is 208 Å². The summed E-state index contributed by atoms with van der Waals surface area (Å²) in [5.41, 5.74) is 9.80. The van der Waals surface area contributed by atoms with Gasteiger partial charge >= 0.3 is 0 Å². The summed E-state index contributed by atoms with van der Waals surface area (Å²) in [7, 11) is 0. The average Bonchev–Trinajstić information content (AvgIpc) is 3.29. The monoisotopic (exact) mass is 478 g/mol. The summed E-state index contributed by atoms with van der Waals surface area (Å²) in [6, 6.07) is 29.3. The summed E-state index contributed by atoms with van der Waals surface area (Å²) in [6.45, 7) is -0.179. The Morgan fingerprint density at radius 2 is 1.56 bits per heavy atom. The number of H-pyrrole nitrogens is 1. The van der Waals surface area contributed by atoms with Crippen LogP contribution in [0.5, 0.6) is 5.75 Å². The molecule has 3 N–H and O–H groups in total. The Kier molecular flexibility index (Phi) is 6.89. The van der Waals surface area contributed by atoms with Gasteiger partial charge in [0.1, 0.15) is 5.75 Å². The minimum atomic E-state index is -0.423. The summed E-state index contributed by atoms with van der Waals surface area (Å²) in [5.74, 6) is -0.0869. The van der Waals surface area contributed by atoms with Crippen molar-refractivity contribution in [2.75, 3.05) is 6.61 Å². The molecule has 0 spiro atoms. The molecule has 0 aliphatic rings. The van der Waals surface area contributed by atoms with E-state index in [1.807, 2.05) is 66.7 Å². The summed E-state index contributed by atoms with van der Waals surface area (Å²) >= 11 is 0. The van der Waals surface area contributed by atoms with Crippen molar-refractivity contribution in [1.82, 2.24) is 20.8 Å². The van der Waals surface area contributed by atoms with Gasteiger partial charge in [0.25, 0.3) is 5.91 Å². The fraction of sp³-hybridized carbons (Fsp3) is 0.138. The van der Waals surface area contributed by atoms with Crippen molar-refractivity contribution < 1.29 is 14.3 Å². The van der Waals surface area contributed by atoms with Gasteiger partial charge in [-0.15, -0.1) is 0 Å². The first-order valence-electron chi connectivity index (χ1n) is 11.9. The zero-order valence-corrected chi connectivity index (χ0v) is 19.7. The fourth-order valence-corrected chi connectivity index (χ4v) is 4.21. The SMILES string of the molecule is O=C(CCCc1c(-c2ccc3ccccc3n2)[nH]c2ccccc12)NNC(=O)COc1ccccc1. The zero-order valence-electron chi connectivity index (χ0n) is 19.7. The number of benzene rings is 3. The molecule has 5 rings (SSSR count). The normalized spacial score (nSPS) is 10.9. The third kappa shape index (κ3) is 5.36. The maximum atomic E-state index is 12.3. The third-order valence-corrected chi connectivity index (χ3v) is 5.95. The molecular weight excluding hydrogens is 452 g/mol. The van der Waals surface area contributed by atoms with E-state index in [-0.39, 0.29) is 18.9 Å². The van der Waals surface area contributed by atoms with Gasteiger partial charge < -0.3 is 9.72 Å². The highest BCUT2D eigenvalue weighted by Crippen LogP contribution is 2.31. The highest BCUT2D eigenvalue weighted by molar-refractivity contribution is 5.91. The molecule has 0 aliphatic heterocycles. The molecule has 0 fully saturated rings. The van der Waals surface area contributed by atoms with Crippen LogP contribution in [0.3, 0.4) is 0 Å². The van der Waals surface area contributed by atoms with Gasteiger partial charge in [0.15, 0.2) is 6.61 Å². The molecule has 0 saturated heterocycles. The molecule has 2 amide bonds. The molecule has 0 saturated carbocycles. The molecule has 0 aliphatic carbocycles. The van der Waals surface area contributed by atoms with Gasteiger partial charge in [-0.3, -0.25) is 20.4 Å². The lowest BCUT2D eigenvalue weighted by Crippen LogP contribution is -2.43. The van der Waals surface area contributed by atoms with Crippen molar-refractivity contribution in [2.24, 2.45) is 0 Å². The Hall–Kier alpha value is -4.65. The number of aromatic amines is 1. The fourth-order valence-electron chi connectivity index (χ4n) is 4.21. The van der Waals surface area contributed by atoms with Gasteiger partial charge in [0, 0.05) is 22.7 Å². The number of ether oxygens (including phenoxy) is 1. The number of hydrogen-bond acceptors (Lipinski definition) is 4. The number of rotatable bonds is 8. The maximum Gasteiger partial charge on any atom is 0.276 e. The van der Waals surface area contributed by atoms with Crippen molar-refractivity contribution in [3.8, 4) is 17.1 Å². The molecular formula is C29H26N4O3. The molecule has 2 heterocycles. The van der Waals surface area contributed by atoms with Crippen LogP contribution in [0.25, 0.3) is 33.2 Å². The van der Waals surface area contributed by atoms with Gasteiger partial charge in [-0.1, -0.05) is 60.7 Å². The summed E-state index contributed by atoms with van der Waals surface area (Å²) in [6.07, 6.45) is 1.57. The first-order valence-corrected chi connectivity index (χ1v) is 11.9. The van der Waals surface area contributed by atoms with Crippen LogP contribution in [-0.2, 0) is 16.0 Å². The van der Waals surface area contributed by atoms with Gasteiger partial charge in [-0.05, 0) is 48.7 Å². The number of carbonyl (C=O) groups is 2. The summed E-state index contributed by atoms with van der Waals surface area (Å²) < 4.78 is 5.38. The Morgan fingerprint density at radius 3 is 2.44 bits per heavy atom. The molecule has 0 radical (unpaired) electrons. The van der Waals surface area contributed by atoms with Crippen LogP contribution in [0.2, 0.25) is 0 Å². The number of hydrogen-bond donors (Lipinski definition) is 3. The quantitative estimate of drug-likeness (QED) is 0.276. The highest BCUT2D eigenvalue weighted by atomic mass is 16.5. The predicted octanol–water partition coefficient (Wildman–Crippen LogP) is 4.93. The molecule has 180 valence electrons. The first kappa shape index (κ1) is 23.1. The lowest BCUT2D eigenvalue weighted by atomic mass is 10.0. The number of nitrogens with zero attached hydrogens (tertiary/aromatic N) is 1. The molecule has 0 bridgehead atoms. The number of hydrazine groups is 1. The smallest absolute Gasteiger partial charge is 0.276 e.